The van der Waals surface area contributed by atoms with Gasteiger partial charge in [0.15, 0.2) is 0 Å². The lowest BCUT2D eigenvalue weighted by Gasteiger charge is -2.42. The van der Waals surface area contributed by atoms with Crippen molar-refractivity contribution in [2.45, 2.75) is 12.7 Å². The van der Waals surface area contributed by atoms with E-state index < -0.39 is 0 Å². The van der Waals surface area contributed by atoms with Crippen LogP contribution in [-0.2, 0) is 12.7 Å². The van der Waals surface area contributed by atoms with E-state index in [2.05, 4.69) is 256 Å². The Morgan fingerprint density at radius 1 is 0.463 bits per heavy atom. The van der Waals surface area contributed by atoms with Gasteiger partial charge in [0.2, 0.25) is 0 Å². The average molecular weight is 1060 g/mol. The molecule has 10 heteroatoms. The molecule has 0 N–H and O–H groups in total. The molecule has 0 spiro atoms. The highest BCUT2D eigenvalue weighted by Crippen LogP contribution is 2.55. The molecule has 8 heterocycles. The van der Waals surface area contributed by atoms with Gasteiger partial charge < -0.3 is 28.4 Å². The second-order valence-electron chi connectivity index (χ2n) is 21.2. The lowest BCUT2D eigenvalue weighted by molar-refractivity contribution is 0.583. The van der Waals surface area contributed by atoms with E-state index in [1.165, 1.54) is 47.4 Å². The highest BCUT2D eigenvalue weighted by Gasteiger charge is 2.49. The third-order valence-corrected chi connectivity index (χ3v) is 19.4. The standard InChI is InChI=1S/C70H42B2N4O2S2/c1-6-22-45(23-7-1)73-54-38-43(39-55-53(54)42-71(67-63(73)49-30-14-5-15-34-58(49)77-67)68-64(50-31-16-19-35-59(50)78-68)74(55)46-24-8-2-9-25-46)44-40-56-62-57(41-44)76(48-28-12-4-13-29-48)66-52-33-18-21-37-61(52)80-70(66)72(62)69-65(51-32-17-20-36-60(51)79-69)75(56)47-26-10-3-11-27-47/h1-20,22-29,31-36,38-41H,30,42H2. The summed E-state index contributed by atoms with van der Waals surface area (Å²) in [4.78, 5) is 10.1. The average Bonchev–Trinajstić information content (AvgIpc) is 3.41. The number of para-hydroxylation sites is 5. The maximum atomic E-state index is 7.33. The minimum absolute atomic E-state index is 0.0383. The molecule has 0 unspecified atom stereocenters. The second-order valence-corrected chi connectivity index (χ2v) is 23.4. The van der Waals surface area contributed by atoms with Gasteiger partial charge in [0, 0.05) is 70.1 Å². The monoisotopic (exact) mass is 1060 g/mol. The quantitative estimate of drug-likeness (QED) is 0.160. The molecule has 2 bridgehead atoms. The van der Waals surface area contributed by atoms with Crippen molar-refractivity contribution in [1.82, 2.24) is 0 Å². The predicted molar refractivity (Wildman–Crippen MR) is 336 cm³/mol. The van der Waals surface area contributed by atoms with Crippen LogP contribution < -0.4 is 45.9 Å². The van der Waals surface area contributed by atoms with Gasteiger partial charge in [0.25, 0.3) is 6.71 Å². The summed E-state index contributed by atoms with van der Waals surface area (Å²) >= 11 is 3.79. The molecule has 1 aliphatic carbocycles. The van der Waals surface area contributed by atoms with Gasteiger partial charge >= 0.3 is 6.71 Å². The lowest BCUT2D eigenvalue weighted by atomic mass is 9.39. The van der Waals surface area contributed by atoms with Crippen LogP contribution in [0.15, 0.2) is 233 Å². The molecule has 0 saturated heterocycles. The molecule has 0 radical (unpaired) electrons. The zero-order valence-corrected chi connectivity index (χ0v) is 44.6. The van der Waals surface area contributed by atoms with Crippen LogP contribution in [0.5, 0.6) is 0 Å². The summed E-state index contributed by atoms with van der Waals surface area (Å²) in [6.45, 7) is -0.283. The van der Waals surface area contributed by atoms with Crippen LogP contribution in [0, 0.1) is 12.1 Å². The number of benzene rings is 8. The van der Waals surface area contributed by atoms with Gasteiger partial charge in [0.05, 0.1) is 50.1 Å². The molecule has 0 amide bonds. The van der Waals surface area contributed by atoms with Crippen LogP contribution in [0.3, 0.4) is 0 Å². The third kappa shape index (κ3) is 6.21. The number of hydrogen-bond donors (Lipinski definition) is 0. The van der Waals surface area contributed by atoms with Crippen molar-refractivity contribution in [3.05, 3.63) is 254 Å². The molecular formula is C70H42B2N4O2S2. The maximum absolute atomic E-state index is 7.33. The number of rotatable bonds is 5. The Kier molecular flexibility index (Phi) is 9.38. The molecule has 6 nitrogen and oxygen atoms in total. The largest absolute Gasteiger partial charge is 0.469 e. The van der Waals surface area contributed by atoms with Gasteiger partial charge in [0.1, 0.15) is 11.3 Å². The number of anilines is 12. The molecule has 5 aliphatic rings. The molecule has 9 aromatic carbocycles. The molecular weight excluding hydrogens is 1010 g/mol. The van der Waals surface area contributed by atoms with Gasteiger partial charge in [-0.1, -0.05) is 133 Å². The van der Waals surface area contributed by atoms with Crippen LogP contribution in [0.2, 0.25) is 0 Å². The van der Waals surface area contributed by atoms with Crippen LogP contribution in [0.4, 0.5) is 68.2 Å². The molecule has 13 aromatic rings. The fourth-order valence-electron chi connectivity index (χ4n) is 13.7. The van der Waals surface area contributed by atoms with Crippen molar-refractivity contribution in [2.24, 2.45) is 0 Å². The first-order chi connectivity index (χ1) is 39.7. The number of thiophene rings is 2. The number of allylic oxidation sites excluding steroid dienone is 3. The Hall–Kier alpha value is -9.65. The number of furan rings is 2. The van der Waals surface area contributed by atoms with E-state index in [0.717, 1.165) is 113 Å². The minimum Gasteiger partial charge on any atom is -0.469 e. The van der Waals surface area contributed by atoms with Gasteiger partial charge in [-0.25, -0.2) is 0 Å². The van der Waals surface area contributed by atoms with Crippen LogP contribution in [0.1, 0.15) is 16.9 Å². The molecule has 4 aromatic heterocycles. The highest BCUT2D eigenvalue weighted by molar-refractivity contribution is 7.40. The van der Waals surface area contributed by atoms with E-state index in [1.807, 2.05) is 28.7 Å². The summed E-state index contributed by atoms with van der Waals surface area (Å²) in [5.74, 6) is 0.879. The summed E-state index contributed by atoms with van der Waals surface area (Å²) in [7, 11) is 0. The molecule has 0 saturated carbocycles. The Bertz CT molecular complexity index is 4630. The van der Waals surface area contributed by atoms with E-state index in [0.29, 0.717) is 6.32 Å². The molecule has 372 valence electrons. The summed E-state index contributed by atoms with van der Waals surface area (Å²) in [5, 5.41) is 3.49. The Morgan fingerprint density at radius 2 is 1.00 bits per heavy atom. The normalized spacial score (nSPS) is 14.3. The summed E-state index contributed by atoms with van der Waals surface area (Å²) in [6, 6.07) is 82.4. The van der Waals surface area contributed by atoms with Crippen molar-refractivity contribution in [3.63, 3.8) is 0 Å². The first-order valence-corrected chi connectivity index (χ1v) is 29.0. The second kappa shape index (κ2) is 16.9. The number of fused-ring (bicyclic) bond motifs is 17. The number of nitrogens with zero attached hydrogens (tertiary/aromatic N) is 4. The van der Waals surface area contributed by atoms with Gasteiger partial charge in [-0.15, -0.1) is 22.7 Å². The maximum Gasteiger partial charge on any atom is 0.311 e. The van der Waals surface area contributed by atoms with Crippen LogP contribution in [-0.4, -0.2) is 13.4 Å². The Balaban J connectivity index is 0.999. The molecule has 0 atom stereocenters. The summed E-state index contributed by atoms with van der Waals surface area (Å²) < 4.78 is 19.6. The zero-order valence-electron chi connectivity index (χ0n) is 42.9. The van der Waals surface area contributed by atoms with Crippen molar-refractivity contribution < 1.29 is 8.83 Å². The number of hydrogen-bond acceptors (Lipinski definition) is 8. The van der Waals surface area contributed by atoms with Crippen LogP contribution in [0.25, 0.3) is 48.3 Å². The van der Waals surface area contributed by atoms with Gasteiger partial charge in [-0.05, 0) is 144 Å². The van der Waals surface area contributed by atoms with Gasteiger partial charge in [-0.3, -0.25) is 0 Å². The fourth-order valence-corrected chi connectivity index (χ4v) is 16.3. The van der Waals surface area contributed by atoms with E-state index in [9.17, 15) is 0 Å². The minimum atomic E-state index is -0.245. The lowest BCUT2D eigenvalue weighted by Crippen LogP contribution is -2.59. The Morgan fingerprint density at radius 3 is 1.66 bits per heavy atom. The molecule has 4 aliphatic heterocycles. The van der Waals surface area contributed by atoms with E-state index in [4.69, 9.17) is 8.83 Å². The molecule has 0 fully saturated rings. The van der Waals surface area contributed by atoms with Crippen LogP contribution >= 0.6 is 22.7 Å². The van der Waals surface area contributed by atoms with Crippen molar-refractivity contribution in [1.29, 1.82) is 0 Å². The zero-order chi connectivity index (χ0) is 52.2. The fraction of sp³-hybridized carbons (Fsp3) is 0.0286. The predicted octanol–water partition coefficient (Wildman–Crippen LogP) is 15.9. The van der Waals surface area contributed by atoms with Crippen molar-refractivity contribution in [2.75, 3.05) is 19.6 Å². The van der Waals surface area contributed by atoms with Gasteiger partial charge in [-0.2, -0.15) is 0 Å². The highest BCUT2D eigenvalue weighted by atomic mass is 32.1. The third-order valence-electron chi connectivity index (χ3n) is 17.0. The van der Waals surface area contributed by atoms with Crippen molar-refractivity contribution in [3.8, 4) is 11.1 Å². The topological polar surface area (TPSA) is 39.2 Å². The smallest absolute Gasteiger partial charge is 0.311 e. The molecule has 18 rings (SSSR count). The van der Waals surface area contributed by atoms with E-state index in [1.54, 1.807) is 0 Å². The SMILES string of the molecule is c1ccc2c3c(sc2c#1)B1c2sc4ccccc4c2N(c2ccccc2)c2cc(-c4cc5c6c(c4)N(c4ccccc4)c4c(oc7ccccc47)B(C6)c4oc6c(c4N5c4ccccc4)CC=CC=C6)cc(c21)N3c1ccccc1. The summed E-state index contributed by atoms with van der Waals surface area (Å²) in [5.41, 5.74) is 21.9. The van der Waals surface area contributed by atoms with E-state index >= 15 is 0 Å². The molecule has 80 heavy (non-hydrogen) atoms. The first-order valence-electron chi connectivity index (χ1n) is 27.3. The summed E-state index contributed by atoms with van der Waals surface area (Å²) in [6.07, 6.45) is 10.00. The van der Waals surface area contributed by atoms with E-state index in [-0.39, 0.29) is 13.4 Å². The Labute approximate surface area is 470 Å². The van der Waals surface area contributed by atoms with Crippen molar-refractivity contribution >= 4 is 168 Å². The first kappa shape index (κ1) is 44.3.